The predicted octanol–water partition coefficient (Wildman–Crippen LogP) is 3.92. The molecule has 1 aromatic carbocycles. The summed E-state index contributed by atoms with van der Waals surface area (Å²) in [6, 6.07) is 12.5. The Kier molecular flexibility index (Phi) is 3.79. The second-order valence-electron chi connectivity index (χ2n) is 4.86. The van der Waals surface area contributed by atoms with Crippen LogP contribution in [0.1, 0.15) is 30.5 Å². The van der Waals surface area contributed by atoms with E-state index in [1.165, 1.54) is 10.9 Å². The van der Waals surface area contributed by atoms with E-state index in [0.29, 0.717) is 0 Å². The maximum absolute atomic E-state index is 5.25. The Morgan fingerprint density at radius 2 is 2.15 bits per heavy atom. The molecule has 2 heterocycles. The largest absolute Gasteiger partial charge is 0.472 e. The molecule has 0 saturated heterocycles. The first kappa shape index (κ1) is 12.9. The van der Waals surface area contributed by atoms with Crippen LogP contribution in [-0.2, 0) is 0 Å². The summed E-state index contributed by atoms with van der Waals surface area (Å²) in [6.45, 7) is 3.14. The van der Waals surface area contributed by atoms with E-state index < -0.39 is 0 Å². The third kappa shape index (κ3) is 2.45. The molecule has 0 saturated carbocycles. The number of hydrogen-bond acceptors (Lipinski definition) is 3. The number of nitrogens with one attached hydrogen (secondary N) is 1. The second kappa shape index (κ2) is 5.88. The van der Waals surface area contributed by atoms with Crippen LogP contribution in [0.2, 0.25) is 0 Å². The van der Waals surface area contributed by atoms with Crippen LogP contribution in [0.3, 0.4) is 0 Å². The minimum atomic E-state index is 0.140. The molecule has 102 valence electrons. The first-order valence-electron chi connectivity index (χ1n) is 6.99. The first-order valence-corrected chi connectivity index (χ1v) is 6.99. The number of aromatic nitrogens is 1. The van der Waals surface area contributed by atoms with Crippen molar-refractivity contribution in [1.29, 1.82) is 0 Å². The molecule has 0 bridgehead atoms. The highest BCUT2D eigenvalue weighted by Crippen LogP contribution is 2.28. The molecule has 0 aliphatic rings. The SMILES string of the molecule is CCCNC(c1ccoc1)c1cccc2ncccc12. The lowest BCUT2D eigenvalue weighted by atomic mass is 9.97. The molecule has 20 heavy (non-hydrogen) atoms. The van der Waals surface area contributed by atoms with Gasteiger partial charge in [0.1, 0.15) is 0 Å². The van der Waals surface area contributed by atoms with E-state index in [4.69, 9.17) is 4.42 Å². The van der Waals surface area contributed by atoms with Gasteiger partial charge >= 0.3 is 0 Å². The van der Waals surface area contributed by atoms with Crippen LogP contribution >= 0.6 is 0 Å². The van der Waals surface area contributed by atoms with Crippen molar-refractivity contribution >= 4 is 10.9 Å². The van der Waals surface area contributed by atoms with Gasteiger partial charge in [-0.1, -0.05) is 25.1 Å². The fraction of sp³-hybridized carbons (Fsp3) is 0.235. The normalized spacial score (nSPS) is 12.7. The number of pyridine rings is 1. The summed E-state index contributed by atoms with van der Waals surface area (Å²) in [7, 11) is 0. The van der Waals surface area contributed by atoms with Crippen molar-refractivity contribution < 1.29 is 4.42 Å². The van der Waals surface area contributed by atoms with Crippen LogP contribution in [0.4, 0.5) is 0 Å². The molecule has 3 heteroatoms. The maximum Gasteiger partial charge on any atom is 0.0953 e. The van der Waals surface area contributed by atoms with Gasteiger partial charge in [0.15, 0.2) is 0 Å². The molecule has 1 N–H and O–H groups in total. The van der Waals surface area contributed by atoms with E-state index >= 15 is 0 Å². The molecule has 0 spiro atoms. The molecule has 0 aliphatic heterocycles. The molecule has 3 rings (SSSR count). The summed E-state index contributed by atoms with van der Waals surface area (Å²) in [6.07, 6.45) is 6.46. The van der Waals surface area contributed by atoms with Gasteiger partial charge in [-0.05, 0) is 36.7 Å². The van der Waals surface area contributed by atoms with Crippen LogP contribution in [-0.4, -0.2) is 11.5 Å². The van der Waals surface area contributed by atoms with Gasteiger partial charge in [-0.2, -0.15) is 0 Å². The van der Waals surface area contributed by atoms with Crippen molar-refractivity contribution in [1.82, 2.24) is 10.3 Å². The molecule has 0 fully saturated rings. The fourth-order valence-corrected chi connectivity index (χ4v) is 2.51. The molecule has 1 unspecified atom stereocenters. The summed E-state index contributed by atoms with van der Waals surface area (Å²) < 4.78 is 5.25. The number of rotatable bonds is 5. The topological polar surface area (TPSA) is 38.1 Å². The van der Waals surface area contributed by atoms with Gasteiger partial charge in [0.2, 0.25) is 0 Å². The number of nitrogens with zero attached hydrogens (tertiary/aromatic N) is 1. The Bertz CT molecular complexity index is 671. The summed E-state index contributed by atoms with van der Waals surface area (Å²) in [5.74, 6) is 0. The molecule has 0 radical (unpaired) electrons. The minimum absolute atomic E-state index is 0.140. The summed E-state index contributed by atoms with van der Waals surface area (Å²) in [5, 5.41) is 4.78. The van der Waals surface area contributed by atoms with Gasteiger partial charge in [-0.3, -0.25) is 4.98 Å². The van der Waals surface area contributed by atoms with E-state index in [0.717, 1.165) is 24.0 Å². The maximum atomic E-state index is 5.25. The standard InChI is InChI=1S/C17H18N2O/c1-2-9-19-17(13-8-11-20-12-13)15-5-3-7-16-14(15)6-4-10-18-16/h3-8,10-12,17,19H,2,9H2,1H3. The number of benzene rings is 1. The zero-order chi connectivity index (χ0) is 13.8. The van der Waals surface area contributed by atoms with Crippen LogP contribution in [0, 0.1) is 0 Å². The lowest BCUT2D eigenvalue weighted by Crippen LogP contribution is -2.23. The Hall–Kier alpha value is -2.13. The van der Waals surface area contributed by atoms with Crippen molar-refractivity contribution in [3.05, 3.63) is 66.2 Å². The van der Waals surface area contributed by atoms with Crippen molar-refractivity contribution in [2.75, 3.05) is 6.54 Å². The summed E-state index contributed by atoms with van der Waals surface area (Å²) in [5.41, 5.74) is 3.41. The number of hydrogen-bond donors (Lipinski definition) is 1. The highest BCUT2D eigenvalue weighted by molar-refractivity contribution is 5.82. The highest BCUT2D eigenvalue weighted by atomic mass is 16.3. The average molecular weight is 266 g/mol. The van der Waals surface area contributed by atoms with Crippen molar-refractivity contribution in [3.63, 3.8) is 0 Å². The molecule has 1 atom stereocenters. The van der Waals surface area contributed by atoms with E-state index in [1.54, 1.807) is 6.26 Å². The van der Waals surface area contributed by atoms with Crippen LogP contribution < -0.4 is 5.32 Å². The Morgan fingerprint density at radius 1 is 1.20 bits per heavy atom. The number of fused-ring (bicyclic) bond motifs is 1. The minimum Gasteiger partial charge on any atom is -0.472 e. The van der Waals surface area contributed by atoms with Gasteiger partial charge in [0, 0.05) is 17.1 Å². The number of furan rings is 1. The third-order valence-electron chi connectivity index (χ3n) is 3.47. The van der Waals surface area contributed by atoms with Crippen molar-refractivity contribution in [3.8, 4) is 0 Å². The molecule has 0 aliphatic carbocycles. The van der Waals surface area contributed by atoms with Crippen LogP contribution in [0.15, 0.2) is 59.5 Å². The van der Waals surface area contributed by atoms with Crippen molar-refractivity contribution in [2.24, 2.45) is 0 Å². The zero-order valence-electron chi connectivity index (χ0n) is 11.5. The second-order valence-corrected chi connectivity index (χ2v) is 4.86. The van der Waals surface area contributed by atoms with Gasteiger partial charge in [-0.25, -0.2) is 0 Å². The third-order valence-corrected chi connectivity index (χ3v) is 3.47. The van der Waals surface area contributed by atoms with Gasteiger partial charge < -0.3 is 9.73 Å². The van der Waals surface area contributed by atoms with E-state index in [-0.39, 0.29) is 6.04 Å². The quantitative estimate of drug-likeness (QED) is 0.760. The Labute approximate surface area is 118 Å². The Morgan fingerprint density at radius 3 is 2.95 bits per heavy atom. The molecule has 3 nitrogen and oxygen atoms in total. The summed E-state index contributed by atoms with van der Waals surface area (Å²) >= 11 is 0. The van der Waals surface area contributed by atoms with Crippen LogP contribution in [0.5, 0.6) is 0 Å². The van der Waals surface area contributed by atoms with Crippen LogP contribution in [0.25, 0.3) is 10.9 Å². The van der Waals surface area contributed by atoms with E-state index in [2.05, 4.69) is 35.4 Å². The lowest BCUT2D eigenvalue weighted by Gasteiger charge is -2.19. The molecule has 2 aromatic heterocycles. The molecule has 3 aromatic rings. The zero-order valence-corrected chi connectivity index (χ0v) is 11.5. The Balaban J connectivity index is 2.09. The van der Waals surface area contributed by atoms with Crippen molar-refractivity contribution in [2.45, 2.75) is 19.4 Å². The molecular weight excluding hydrogens is 248 g/mol. The monoisotopic (exact) mass is 266 g/mol. The summed E-state index contributed by atoms with van der Waals surface area (Å²) in [4.78, 5) is 4.43. The van der Waals surface area contributed by atoms with Gasteiger partial charge in [0.25, 0.3) is 0 Å². The lowest BCUT2D eigenvalue weighted by molar-refractivity contribution is 0.549. The molecule has 0 amide bonds. The first-order chi connectivity index (χ1) is 9.90. The van der Waals surface area contributed by atoms with E-state index in [1.807, 2.05) is 30.7 Å². The fourth-order valence-electron chi connectivity index (χ4n) is 2.51. The van der Waals surface area contributed by atoms with Gasteiger partial charge in [0.05, 0.1) is 24.1 Å². The van der Waals surface area contributed by atoms with E-state index in [9.17, 15) is 0 Å². The average Bonchev–Trinajstić information content (AvgIpc) is 3.02. The molecular formula is C17H18N2O. The van der Waals surface area contributed by atoms with Gasteiger partial charge in [-0.15, -0.1) is 0 Å². The smallest absolute Gasteiger partial charge is 0.0953 e. The predicted molar refractivity (Wildman–Crippen MR) is 80.6 cm³/mol. The highest BCUT2D eigenvalue weighted by Gasteiger charge is 2.16.